The van der Waals surface area contributed by atoms with Gasteiger partial charge in [0.05, 0.1) is 6.04 Å². The van der Waals surface area contributed by atoms with Crippen molar-refractivity contribution in [2.24, 2.45) is 5.73 Å². The van der Waals surface area contributed by atoms with Crippen molar-refractivity contribution in [2.45, 2.75) is 38.8 Å². The summed E-state index contributed by atoms with van der Waals surface area (Å²) in [6, 6.07) is -1.86. The van der Waals surface area contributed by atoms with E-state index in [4.69, 9.17) is 10.8 Å². The largest absolute Gasteiger partial charge is 0.480 e. The molecule has 7 heteroatoms. The van der Waals surface area contributed by atoms with Crippen molar-refractivity contribution in [3.63, 3.8) is 0 Å². The fraction of sp³-hybridized carbons (Fsp3) is 0.700. The molecule has 2 amide bonds. The van der Waals surface area contributed by atoms with Gasteiger partial charge in [-0.2, -0.15) is 0 Å². The van der Waals surface area contributed by atoms with Crippen molar-refractivity contribution in [3.8, 4) is 0 Å². The van der Waals surface area contributed by atoms with Gasteiger partial charge in [0.1, 0.15) is 6.04 Å². The molecular formula is C10H19N3O4. The zero-order valence-electron chi connectivity index (χ0n) is 10.0. The maximum Gasteiger partial charge on any atom is 0.326 e. The summed E-state index contributed by atoms with van der Waals surface area (Å²) in [6.07, 6.45) is 0.0870. The van der Waals surface area contributed by atoms with Crippen LogP contribution in [0.3, 0.4) is 0 Å². The third kappa shape index (κ3) is 6.52. The number of rotatable bonds is 7. The van der Waals surface area contributed by atoms with Gasteiger partial charge in [-0.25, -0.2) is 4.79 Å². The zero-order valence-corrected chi connectivity index (χ0v) is 10.0. The Morgan fingerprint density at radius 2 is 1.94 bits per heavy atom. The average molecular weight is 245 g/mol. The van der Waals surface area contributed by atoms with Crippen molar-refractivity contribution >= 4 is 17.8 Å². The summed E-state index contributed by atoms with van der Waals surface area (Å²) in [4.78, 5) is 33.2. The molecule has 0 saturated carbocycles. The number of carboxylic acid groups (broad SMARTS) is 1. The lowest BCUT2D eigenvalue weighted by Gasteiger charge is -2.15. The number of nitrogens with one attached hydrogen (secondary N) is 2. The monoisotopic (exact) mass is 245 g/mol. The van der Waals surface area contributed by atoms with Crippen LogP contribution < -0.4 is 16.4 Å². The van der Waals surface area contributed by atoms with Gasteiger partial charge in [-0.05, 0) is 20.3 Å². The zero-order chi connectivity index (χ0) is 13.4. The summed E-state index contributed by atoms with van der Waals surface area (Å²) in [5.74, 6) is -1.97. The average Bonchev–Trinajstić information content (AvgIpc) is 2.23. The van der Waals surface area contributed by atoms with Crippen LogP contribution in [0.5, 0.6) is 0 Å². The summed E-state index contributed by atoms with van der Waals surface area (Å²) in [6.45, 7) is 3.71. The van der Waals surface area contributed by atoms with Crippen LogP contribution in [0.1, 0.15) is 26.7 Å². The number of hydrogen-bond donors (Lipinski definition) is 4. The number of aliphatic carboxylic acids is 1. The van der Waals surface area contributed by atoms with Crippen molar-refractivity contribution < 1.29 is 19.5 Å². The minimum Gasteiger partial charge on any atom is -0.480 e. The molecule has 0 aliphatic rings. The molecular weight excluding hydrogens is 226 g/mol. The van der Waals surface area contributed by atoms with Crippen LogP contribution in [0.15, 0.2) is 0 Å². The van der Waals surface area contributed by atoms with E-state index in [1.165, 1.54) is 6.92 Å². The van der Waals surface area contributed by atoms with E-state index in [-0.39, 0.29) is 18.7 Å². The van der Waals surface area contributed by atoms with E-state index in [1.807, 2.05) is 0 Å². The summed E-state index contributed by atoms with van der Waals surface area (Å²) in [5, 5.41) is 13.7. The second-order valence-corrected chi connectivity index (χ2v) is 3.68. The Kier molecular flexibility index (Phi) is 6.88. The first-order chi connectivity index (χ1) is 7.88. The molecule has 0 saturated heterocycles. The van der Waals surface area contributed by atoms with E-state index in [2.05, 4.69) is 10.6 Å². The normalized spacial score (nSPS) is 13.6. The highest BCUT2D eigenvalue weighted by Crippen LogP contribution is 1.98. The lowest BCUT2D eigenvalue weighted by molar-refractivity contribution is -0.142. The van der Waals surface area contributed by atoms with Gasteiger partial charge < -0.3 is 21.5 Å². The molecule has 0 heterocycles. The van der Waals surface area contributed by atoms with Crippen LogP contribution in [0, 0.1) is 0 Å². The van der Waals surface area contributed by atoms with Crippen molar-refractivity contribution in [3.05, 3.63) is 0 Å². The fourth-order valence-electron chi connectivity index (χ4n) is 1.12. The van der Waals surface area contributed by atoms with Gasteiger partial charge in [-0.3, -0.25) is 9.59 Å². The van der Waals surface area contributed by atoms with Gasteiger partial charge in [0.25, 0.3) is 0 Å². The Morgan fingerprint density at radius 3 is 2.35 bits per heavy atom. The lowest BCUT2D eigenvalue weighted by atomic mass is 10.1. The van der Waals surface area contributed by atoms with Gasteiger partial charge in [0.15, 0.2) is 0 Å². The predicted molar refractivity (Wildman–Crippen MR) is 61.1 cm³/mol. The Balaban J connectivity index is 4.21. The maximum absolute atomic E-state index is 11.2. The molecule has 0 fully saturated rings. The predicted octanol–water partition coefficient (Wildman–Crippen LogP) is -1.18. The van der Waals surface area contributed by atoms with Crippen LogP contribution in [-0.2, 0) is 14.4 Å². The molecule has 0 aromatic heterocycles. The van der Waals surface area contributed by atoms with Crippen molar-refractivity contribution in [1.29, 1.82) is 0 Å². The molecule has 98 valence electrons. The molecule has 0 aliphatic heterocycles. The summed E-state index contributed by atoms with van der Waals surface area (Å²) in [5.41, 5.74) is 5.30. The number of carbonyl (C=O) groups is 3. The Hall–Kier alpha value is -1.63. The number of nitrogens with two attached hydrogens (primary N) is 1. The number of hydrogen-bond acceptors (Lipinski definition) is 4. The van der Waals surface area contributed by atoms with Crippen LogP contribution in [0.4, 0.5) is 0 Å². The summed E-state index contributed by atoms with van der Waals surface area (Å²) in [7, 11) is 0. The van der Waals surface area contributed by atoms with Gasteiger partial charge in [0, 0.05) is 13.0 Å². The standard InChI is InChI=1S/C10H19N3O4/c1-3-12-8(14)5-4-7(10(16)17)13-9(15)6(2)11/h6-7H,3-5,11H2,1-2H3,(H,12,14)(H,13,15)(H,16,17)/t6-,7-/m0/s1. The molecule has 0 aromatic rings. The van der Waals surface area contributed by atoms with Crippen LogP contribution >= 0.6 is 0 Å². The molecule has 0 rings (SSSR count). The highest BCUT2D eigenvalue weighted by molar-refractivity contribution is 5.87. The molecule has 0 radical (unpaired) electrons. The van der Waals surface area contributed by atoms with Crippen molar-refractivity contribution in [2.75, 3.05) is 6.54 Å². The quantitative estimate of drug-likeness (QED) is 0.450. The van der Waals surface area contributed by atoms with Crippen LogP contribution in [-0.4, -0.2) is 41.5 Å². The van der Waals surface area contributed by atoms with E-state index < -0.39 is 24.0 Å². The smallest absolute Gasteiger partial charge is 0.326 e. The molecule has 0 unspecified atom stereocenters. The third-order valence-electron chi connectivity index (χ3n) is 2.06. The number of amides is 2. The van der Waals surface area contributed by atoms with Gasteiger partial charge in [0.2, 0.25) is 11.8 Å². The summed E-state index contributed by atoms with van der Waals surface area (Å²) >= 11 is 0. The van der Waals surface area contributed by atoms with Crippen LogP contribution in [0.25, 0.3) is 0 Å². The second kappa shape index (κ2) is 7.61. The topological polar surface area (TPSA) is 122 Å². The molecule has 0 spiro atoms. The minimum atomic E-state index is -1.18. The molecule has 0 aliphatic carbocycles. The third-order valence-corrected chi connectivity index (χ3v) is 2.06. The first-order valence-electron chi connectivity index (χ1n) is 5.44. The van der Waals surface area contributed by atoms with Gasteiger partial charge in [-0.15, -0.1) is 0 Å². The van der Waals surface area contributed by atoms with E-state index in [9.17, 15) is 14.4 Å². The summed E-state index contributed by atoms with van der Waals surface area (Å²) < 4.78 is 0. The number of carbonyl (C=O) groups excluding carboxylic acids is 2. The Bertz CT molecular complexity index is 291. The number of carboxylic acids is 1. The molecule has 2 atom stereocenters. The molecule has 0 bridgehead atoms. The highest BCUT2D eigenvalue weighted by Gasteiger charge is 2.22. The highest BCUT2D eigenvalue weighted by atomic mass is 16.4. The van der Waals surface area contributed by atoms with Crippen LogP contribution in [0.2, 0.25) is 0 Å². The first-order valence-corrected chi connectivity index (χ1v) is 5.44. The molecule has 7 nitrogen and oxygen atoms in total. The van der Waals surface area contributed by atoms with Gasteiger partial charge >= 0.3 is 5.97 Å². The fourth-order valence-corrected chi connectivity index (χ4v) is 1.12. The molecule has 17 heavy (non-hydrogen) atoms. The minimum absolute atomic E-state index is 0.0413. The lowest BCUT2D eigenvalue weighted by Crippen LogP contribution is -2.47. The van der Waals surface area contributed by atoms with E-state index in [1.54, 1.807) is 6.92 Å². The van der Waals surface area contributed by atoms with E-state index in [0.29, 0.717) is 6.54 Å². The van der Waals surface area contributed by atoms with E-state index >= 15 is 0 Å². The molecule has 5 N–H and O–H groups in total. The Morgan fingerprint density at radius 1 is 1.35 bits per heavy atom. The maximum atomic E-state index is 11.2. The van der Waals surface area contributed by atoms with Gasteiger partial charge in [-0.1, -0.05) is 0 Å². The van der Waals surface area contributed by atoms with E-state index in [0.717, 1.165) is 0 Å². The first kappa shape index (κ1) is 15.4. The second-order valence-electron chi connectivity index (χ2n) is 3.68. The molecule has 0 aromatic carbocycles. The SMILES string of the molecule is CCNC(=O)CC[C@H](NC(=O)[C@H](C)N)C(=O)O. The Labute approximate surface area is 99.7 Å². The van der Waals surface area contributed by atoms with Crippen molar-refractivity contribution in [1.82, 2.24) is 10.6 Å².